The van der Waals surface area contributed by atoms with Gasteiger partial charge in [-0.3, -0.25) is 4.79 Å². The highest BCUT2D eigenvalue weighted by atomic mass is 79.9. The molecular weight excluding hydrogens is 377 g/mol. The van der Waals surface area contributed by atoms with Crippen molar-refractivity contribution in [3.05, 3.63) is 62.3 Å². The van der Waals surface area contributed by atoms with E-state index < -0.39 is 0 Å². The van der Waals surface area contributed by atoms with Crippen LogP contribution in [0.3, 0.4) is 0 Å². The van der Waals surface area contributed by atoms with E-state index in [0.29, 0.717) is 25.8 Å². The van der Waals surface area contributed by atoms with Crippen LogP contribution in [0.1, 0.15) is 15.9 Å². The second-order valence-corrected chi connectivity index (χ2v) is 5.78. The monoisotopic (exact) mass is 385 g/mol. The molecule has 0 bridgehead atoms. The summed E-state index contributed by atoms with van der Waals surface area (Å²) in [5, 5.41) is 0. The number of rotatable bonds is 3. The van der Waals surface area contributed by atoms with Gasteiger partial charge in [-0.1, -0.05) is 31.9 Å². The molecule has 0 spiro atoms. The van der Waals surface area contributed by atoms with E-state index in [1.807, 2.05) is 0 Å². The van der Waals surface area contributed by atoms with Crippen LogP contribution in [-0.4, -0.2) is 5.78 Å². The lowest BCUT2D eigenvalue weighted by Gasteiger charge is -2.07. The van der Waals surface area contributed by atoms with Crippen LogP contribution in [0.5, 0.6) is 0 Å². The maximum atomic E-state index is 13.2. The molecule has 0 aliphatic rings. The van der Waals surface area contributed by atoms with Crippen molar-refractivity contribution in [2.24, 2.45) is 0 Å². The summed E-state index contributed by atoms with van der Waals surface area (Å²) in [6, 6.07) is 9.32. The first-order valence-corrected chi connectivity index (χ1v) is 7.08. The van der Waals surface area contributed by atoms with Crippen LogP contribution in [0.15, 0.2) is 45.3 Å². The molecule has 0 atom stereocenters. The first-order valence-electron chi connectivity index (χ1n) is 5.49. The van der Waals surface area contributed by atoms with Crippen LogP contribution in [0, 0.1) is 5.82 Å². The fourth-order valence-electron chi connectivity index (χ4n) is 1.70. The Morgan fingerprint density at radius 3 is 2.53 bits per heavy atom. The number of benzene rings is 2. The number of carbonyl (C=O) groups is 1. The number of carbonyl (C=O) groups excluding carboxylic acids is 1. The summed E-state index contributed by atoms with van der Waals surface area (Å²) in [6.45, 7) is 0. The summed E-state index contributed by atoms with van der Waals surface area (Å²) in [6.07, 6.45) is 0.112. The van der Waals surface area contributed by atoms with Gasteiger partial charge in [-0.15, -0.1) is 0 Å². The van der Waals surface area contributed by atoms with Crippen molar-refractivity contribution in [2.75, 3.05) is 5.73 Å². The lowest BCUT2D eigenvalue weighted by molar-refractivity contribution is 0.0992. The Morgan fingerprint density at radius 2 is 1.79 bits per heavy atom. The molecule has 0 saturated carbocycles. The number of ketones is 1. The van der Waals surface area contributed by atoms with E-state index in [2.05, 4.69) is 31.9 Å². The molecule has 0 radical (unpaired) electrons. The van der Waals surface area contributed by atoms with Crippen molar-refractivity contribution < 1.29 is 9.18 Å². The molecule has 19 heavy (non-hydrogen) atoms. The average Bonchev–Trinajstić information content (AvgIpc) is 2.36. The number of hydrogen-bond donors (Lipinski definition) is 1. The van der Waals surface area contributed by atoms with Crippen molar-refractivity contribution in [2.45, 2.75) is 6.42 Å². The third-order valence-corrected chi connectivity index (χ3v) is 4.11. The molecule has 2 aromatic carbocycles. The van der Waals surface area contributed by atoms with Gasteiger partial charge in [0.25, 0.3) is 0 Å². The lowest BCUT2D eigenvalue weighted by atomic mass is 10.0. The molecule has 0 fully saturated rings. The quantitative estimate of drug-likeness (QED) is 0.629. The van der Waals surface area contributed by atoms with E-state index >= 15 is 0 Å². The Kier molecular flexibility index (Phi) is 4.37. The maximum Gasteiger partial charge on any atom is 0.168 e. The molecule has 0 saturated heterocycles. The molecule has 0 amide bonds. The Bertz CT molecular complexity index is 643. The molecule has 2 rings (SSSR count). The topological polar surface area (TPSA) is 43.1 Å². The lowest BCUT2D eigenvalue weighted by Crippen LogP contribution is -2.06. The molecule has 98 valence electrons. The zero-order valence-electron chi connectivity index (χ0n) is 9.79. The first kappa shape index (κ1) is 14.2. The Balaban J connectivity index is 2.30. The van der Waals surface area contributed by atoms with E-state index in [4.69, 9.17) is 5.73 Å². The van der Waals surface area contributed by atoms with Gasteiger partial charge in [-0.2, -0.15) is 0 Å². The summed E-state index contributed by atoms with van der Waals surface area (Å²) in [5.41, 5.74) is 7.30. The third-order valence-electron chi connectivity index (χ3n) is 2.65. The number of halogens is 3. The van der Waals surface area contributed by atoms with Gasteiger partial charge >= 0.3 is 0 Å². The van der Waals surface area contributed by atoms with Gasteiger partial charge in [0.15, 0.2) is 5.78 Å². The molecule has 0 aliphatic heterocycles. The zero-order valence-corrected chi connectivity index (χ0v) is 13.0. The molecular formula is C14H10Br2FNO. The molecule has 2 nitrogen and oxygen atoms in total. The third kappa shape index (κ3) is 3.42. The smallest absolute Gasteiger partial charge is 0.168 e. The van der Waals surface area contributed by atoms with Crippen molar-refractivity contribution in [3.8, 4) is 0 Å². The van der Waals surface area contributed by atoms with Gasteiger partial charge < -0.3 is 5.73 Å². The van der Waals surface area contributed by atoms with E-state index in [9.17, 15) is 9.18 Å². The Morgan fingerprint density at radius 1 is 1.11 bits per heavy atom. The van der Waals surface area contributed by atoms with Gasteiger partial charge in [0, 0.05) is 26.6 Å². The van der Waals surface area contributed by atoms with Crippen molar-refractivity contribution in [1.29, 1.82) is 0 Å². The van der Waals surface area contributed by atoms with Crippen LogP contribution in [0.2, 0.25) is 0 Å². The van der Waals surface area contributed by atoms with Crippen molar-refractivity contribution in [1.82, 2.24) is 0 Å². The maximum absolute atomic E-state index is 13.2. The number of nitrogen functional groups attached to an aromatic ring is 1. The van der Waals surface area contributed by atoms with Crippen molar-refractivity contribution in [3.63, 3.8) is 0 Å². The van der Waals surface area contributed by atoms with E-state index in [-0.39, 0.29) is 18.0 Å². The minimum Gasteiger partial charge on any atom is -0.399 e. The van der Waals surface area contributed by atoms with Gasteiger partial charge in [0.1, 0.15) is 5.82 Å². The Hall–Kier alpha value is -1.20. The largest absolute Gasteiger partial charge is 0.399 e. The number of hydrogen-bond acceptors (Lipinski definition) is 2. The highest BCUT2D eigenvalue weighted by molar-refractivity contribution is 9.10. The average molecular weight is 387 g/mol. The second kappa shape index (κ2) is 5.84. The normalized spacial score (nSPS) is 10.5. The number of Topliss-reactive ketones (excluding diaryl/α,β-unsaturated/α-hetero) is 1. The fourth-order valence-corrected chi connectivity index (χ4v) is 2.56. The van der Waals surface area contributed by atoms with Crippen LogP contribution >= 0.6 is 31.9 Å². The molecule has 0 unspecified atom stereocenters. The van der Waals surface area contributed by atoms with Crippen LogP contribution < -0.4 is 5.73 Å². The standard InChI is InChI=1S/C14H10Br2FNO/c15-12-3-1-9(17)5-8(12)6-14(19)11-7-10(18)2-4-13(11)16/h1-5,7H,6,18H2. The molecule has 0 aromatic heterocycles. The molecule has 2 aromatic rings. The molecule has 0 heterocycles. The molecule has 5 heteroatoms. The van der Waals surface area contributed by atoms with Gasteiger partial charge in [0.2, 0.25) is 0 Å². The summed E-state index contributed by atoms with van der Waals surface area (Å²) in [4.78, 5) is 12.2. The number of nitrogens with two attached hydrogens (primary N) is 1. The van der Waals surface area contributed by atoms with Gasteiger partial charge in [0.05, 0.1) is 0 Å². The summed E-state index contributed by atoms with van der Waals surface area (Å²) in [7, 11) is 0. The first-order chi connectivity index (χ1) is 8.97. The van der Waals surface area contributed by atoms with E-state index in [1.54, 1.807) is 24.3 Å². The molecule has 2 N–H and O–H groups in total. The predicted octanol–water partition coefficient (Wildman–Crippen LogP) is 4.36. The fraction of sp³-hybridized carbons (Fsp3) is 0.0714. The summed E-state index contributed by atoms with van der Waals surface area (Å²) in [5.74, 6) is -0.483. The van der Waals surface area contributed by atoms with Crippen LogP contribution in [-0.2, 0) is 6.42 Å². The van der Waals surface area contributed by atoms with Crippen LogP contribution in [0.25, 0.3) is 0 Å². The highest BCUT2D eigenvalue weighted by Gasteiger charge is 2.13. The second-order valence-electron chi connectivity index (χ2n) is 4.07. The van der Waals surface area contributed by atoms with Crippen LogP contribution in [0.4, 0.5) is 10.1 Å². The highest BCUT2D eigenvalue weighted by Crippen LogP contribution is 2.24. The molecule has 0 aliphatic carbocycles. The SMILES string of the molecule is Nc1ccc(Br)c(C(=O)Cc2cc(F)ccc2Br)c1. The predicted molar refractivity (Wildman–Crippen MR) is 80.7 cm³/mol. The van der Waals surface area contributed by atoms with E-state index in [1.165, 1.54) is 12.1 Å². The van der Waals surface area contributed by atoms with E-state index in [0.717, 1.165) is 0 Å². The van der Waals surface area contributed by atoms with Gasteiger partial charge in [-0.25, -0.2) is 4.39 Å². The zero-order chi connectivity index (χ0) is 14.0. The number of anilines is 1. The summed E-state index contributed by atoms with van der Waals surface area (Å²) >= 11 is 6.62. The minimum absolute atomic E-state index is 0.112. The minimum atomic E-state index is -0.363. The van der Waals surface area contributed by atoms with Crippen molar-refractivity contribution >= 4 is 43.3 Å². The summed E-state index contributed by atoms with van der Waals surface area (Å²) < 4.78 is 14.6. The van der Waals surface area contributed by atoms with Gasteiger partial charge in [-0.05, 0) is 42.0 Å². The Labute approximate surface area is 127 Å².